The minimum absolute atomic E-state index is 0.167. The van der Waals surface area contributed by atoms with Crippen LogP contribution < -0.4 is 4.90 Å². The quantitative estimate of drug-likeness (QED) is 0.903. The van der Waals surface area contributed by atoms with Gasteiger partial charge in [0, 0.05) is 12.6 Å². The maximum absolute atomic E-state index is 13.7. The molecule has 4 nitrogen and oxygen atoms in total. The molecule has 0 unspecified atom stereocenters. The number of rotatable bonds is 4. The lowest BCUT2D eigenvalue weighted by Crippen LogP contribution is -2.16. The van der Waals surface area contributed by atoms with Crippen LogP contribution in [-0.2, 0) is 0 Å². The number of nitrogens with zero attached hydrogens (tertiary/aromatic N) is 1. The number of furan rings is 1. The van der Waals surface area contributed by atoms with Crippen LogP contribution in [0.15, 0.2) is 40.8 Å². The van der Waals surface area contributed by atoms with Crippen LogP contribution >= 0.6 is 0 Å². The average molecular weight is 249 g/mol. The highest BCUT2D eigenvalue weighted by Gasteiger charge is 2.17. The highest BCUT2D eigenvalue weighted by Crippen LogP contribution is 2.28. The van der Waals surface area contributed by atoms with Crippen molar-refractivity contribution in [3.05, 3.63) is 48.0 Å². The third-order valence-corrected chi connectivity index (χ3v) is 2.53. The lowest BCUT2D eigenvalue weighted by Gasteiger charge is -2.20. The zero-order valence-corrected chi connectivity index (χ0v) is 9.76. The number of hydrogen-bond acceptors (Lipinski definition) is 3. The molecule has 1 aromatic carbocycles. The van der Waals surface area contributed by atoms with E-state index >= 15 is 0 Å². The fourth-order valence-electron chi connectivity index (χ4n) is 1.70. The Morgan fingerprint density at radius 1 is 1.33 bits per heavy atom. The summed E-state index contributed by atoms with van der Waals surface area (Å²) in [4.78, 5) is 12.3. The van der Waals surface area contributed by atoms with Gasteiger partial charge in [-0.2, -0.15) is 0 Å². The number of carbonyl (C=O) groups is 1. The Kier molecular flexibility index (Phi) is 3.32. The largest absolute Gasteiger partial charge is 0.475 e. The van der Waals surface area contributed by atoms with Gasteiger partial charge in [-0.3, -0.25) is 0 Å². The average Bonchev–Trinajstić information content (AvgIpc) is 2.82. The van der Waals surface area contributed by atoms with E-state index in [9.17, 15) is 9.18 Å². The zero-order valence-electron chi connectivity index (χ0n) is 9.76. The van der Waals surface area contributed by atoms with Crippen molar-refractivity contribution in [1.82, 2.24) is 0 Å². The molecule has 94 valence electrons. The Hall–Kier alpha value is -2.30. The fraction of sp³-hybridized carbons (Fsp3) is 0.154. The van der Waals surface area contributed by atoms with Crippen molar-refractivity contribution in [3.8, 4) is 0 Å². The summed E-state index contributed by atoms with van der Waals surface area (Å²) in [6.45, 7) is 2.29. The molecule has 0 saturated heterocycles. The van der Waals surface area contributed by atoms with Crippen LogP contribution in [0.2, 0.25) is 0 Å². The number of para-hydroxylation sites is 1. The second-order valence-electron chi connectivity index (χ2n) is 3.64. The van der Waals surface area contributed by atoms with E-state index < -0.39 is 5.97 Å². The highest BCUT2D eigenvalue weighted by atomic mass is 19.1. The Labute approximate surface area is 103 Å². The standard InChI is InChI=1S/C13H12FNO3/c1-2-15(10-6-4-3-5-9(10)14)12-8-7-11(18-12)13(16)17/h3-8H,2H2,1H3,(H,16,17). The first-order chi connectivity index (χ1) is 8.63. The summed E-state index contributed by atoms with van der Waals surface area (Å²) >= 11 is 0. The molecule has 1 aromatic heterocycles. The normalized spacial score (nSPS) is 10.3. The van der Waals surface area contributed by atoms with Gasteiger partial charge in [0.25, 0.3) is 0 Å². The van der Waals surface area contributed by atoms with Gasteiger partial charge in [-0.25, -0.2) is 9.18 Å². The van der Waals surface area contributed by atoms with E-state index in [1.165, 1.54) is 18.2 Å². The predicted molar refractivity (Wildman–Crippen MR) is 64.7 cm³/mol. The third kappa shape index (κ3) is 2.20. The van der Waals surface area contributed by atoms with E-state index in [1.807, 2.05) is 6.92 Å². The number of carboxylic acids is 1. The molecule has 2 rings (SSSR count). The molecule has 0 fully saturated rings. The predicted octanol–water partition coefficient (Wildman–Crippen LogP) is 3.27. The topological polar surface area (TPSA) is 53.7 Å². The number of anilines is 2. The molecular formula is C13H12FNO3. The first kappa shape index (κ1) is 12.2. The monoisotopic (exact) mass is 249 g/mol. The molecule has 0 aliphatic carbocycles. The summed E-state index contributed by atoms with van der Waals surface area (Å²) in [6, 6.07) is 9.13. The molecule has 0 bridgehead atoms. The molecule has 0 aliphatic heterocycles. The fourth-order valence-corrected chi connectivity index (χ4v) is 1.70. The Morgan fingerprint density at radius 3 is 2.61 bits per heavy atom. The minimum atomic E-state index is -1.15. The van der Waals surface area contributed by atoms with Crippen LogP contribution in [-0.4, -0.2) is 17.6 Å². The molecule has 0 spiro atoms. The highest BCUT2D eigenvalue weighted by molar-refractivity contribution is 5.85. The SMILES string of the molecule is CCN(c1ccc(C(=O)O)o1)c1ccccc1F. The van der Waals surface area contributed by atoms with E-state index in [-0.39, 0.29) is 11.6 Å². The van der Waals surface area contributed by atoms with Crippen LogP contribution in [0, 0.1) is 5.82 Å². The zero-order chi connectivity index (χ0) is 13.1. The first-order valence-electron chi connectivity index (χ1n) is 5.48. The van der Waals surface area contributed by atoms with E-state index in [1.54, 1.807) is 23.1 Å². The second-order valence-corrected chi connectivity index (χ2v) is 3.64. The van der Waals surface area contributed by atoms with Crippen LogP contribution in [0.4, 0.5) is 16.0 Å². The summed E-state index contributed by atoms with van der Waals surface area (Å²) in [5.74, 6) is -1.39. The molecule has 0 aliphatic rings. The smallest absolute Gasteiger partial charge is 0.371 e. The minimum Gasteiger partial charge on any atom is -0.475 e. The lowest BCUT2D eigenvalue weighted by molar-refractivity contribution is 0.0663. The molecule has 0 atom stereocenters. The summed E-state index contributed by atoms with van der Waals surface area (Å²) in [5.41, 5.74) is 0.353. The molecule has 0 radical (unpaired) electrons. The third-order valence-electron chi connectivity index (χ3n) is 2.53. The number of hydrogen-bond donors (Lipinski definition) is 1. The molecule has 18 heavy (non-hydrogen) atoms. The molecule has 1 N–H and O–H groups in total. The van der Waals surface area contributed by atoms with Gasteiger partial charge in [0.1, 0.15) is 5.82 Å². The lowest BCUT2D eigenvalue weighted by atomic mass is 10.2. The van der Waals surface area contributed by atoms with Crippen LogP contribution in [0.1, 0.15) is 17.5 Å². The van der Waals surface area contributed by atoms with E-state index in [2.05, 4.69) is 0 Å². The maximum atomic E-state index is 13.7. The number of carboxylic acid groups (broad SMARTS) is 1. The van der Waals surface area contributed by atoms with Crippen molar-refractivity contribution < 1.29 is 18.7 Å². The summed E-state index contributed by atoms with van der Waals surface area (Å²) in [7, 11) is 0. The van der Waals surface area contributed by atoms with Gasteiger partial charge < -0.3 is 14.4 Å². The molecule has 2 aromatic rings. The summed E-state index contributed by atoms with van der Waals surface area (Å²) in [5, 5.41) is 8.79. The Bertz CT molecular complexity index is 565. The van der Waals surface area contributed by atoms with Gasteiger partial charge >= 0.3 is 5.97 Å². The summed E-state index contributed by atoms with van der Waals surface area (Å²) < 4.78 is 18.8. The van der Waals surface area contributed by atoms with Crippen molar-refractivity contribution in [2.24, 2.45) is 0 Å². The number of aromatic carboxylic acids is 1. The van der Waals surface area contributed by atoms with Gasteiger partial charge in [-0.1, -0.05) is 12.1 Å². The van der Waals surface area contributed by atoms with Crippen molar-refractivity contribution in [2.75, 3.05) is 11.4 Å². The van der Waals surface area contributed by atoms with Gasteiger partial charge in [-0.05, 0) is 25.1 Å². The van der Waals surface area contributed by atoms with Crippen LogP contribution in [0.25, 0.3) is 0 Å². The van der Waals surface area contributed by atoms with Crippen LogP contribution in [0.5, 0.6) is 0 Å². The van der Waals surface area contributed by atoms with Crippen molar-refractivity contribution in [1.29, 1.82) is 0 Å². The van der Waals surface area contributed by atoms with E-state index in [0.29, 0.717) is 18.1 Å². The molecule has 1 heterocycles. The van der Waals surface area contributed by atoms with Crippen LogP contribution in [0.3, 0.4) is 0 Å². The second kappa shape index (κ2) is 4.91. The van der Waals surface area contributed by atoms with E-state index in [0.717, 1.165) is 0 Å². The molecular weight excluding hydrogens is 237 g/mol. The Balaban J connectivity index is 2.39. The maximum Gasteiger partial charge on any atom is 0.371 e. The number of benzene rings is 1. The molecule has 0 amide bonds. The Morgan fingerprint density at radius 2 is 2.06 bits per heavy atom. The van der Waals surface area contributed by atoms with Gasteiger partial charge in [-0.15, -0.1) is 0 Å². The first-order valence-corrected chi connectivity index (χ1v) is 5.48. The molecule has 0 saturated carbocycles. The van der Waals surface area contributed by atoms with Gasteiger partial charge in [0.05, 0.1) is 5.69 Å². The number of halogens is 1. The summed E-state index contributed by atoms with van der Waals surface area (Å²) in [6.07, 6.45) is 0. The van der Waals surface area contributed by atoms with Crippen molar-refractivity contribution in [2.45, 2.75) is 6.92 Å². The van der Waals surface area contributed by atoms with Gasteiger partial charge in [0.2, 0.25) is 11.6 Å². The molecule has 5 heteroatoms. The van der Waals surface area contributed by atoms with Gasteiger partial charge in [0.15, 0.2) is 0 Å². The van der Waals surface area contributed by atoms with Crippen molar-refractivity contribution >= 4 is 17.5 Å². The van der Waals surface area contributed by atoms with E-state index in [4.69, 9.17) is 9.52 Å². The van der Waals surface area contributed by atoms with Crippen molar-refractivity contribution in [3.63, 3.8) is 0 Å².